The van der Waals surface area contributed by atoms with Crippen molar-refractivity contribution in [2.75, 3.05) is 38.0 Å². The molecule has 1 heterocycles. The number of hydrogen-bond acceptors (Lipinski definition) is 4. The van der Waals surface area contributed by atoms with Crippen LogP contribution in [0.25, 0.3) is 0 Å². The van der Waals surface area contributed by atoms with Crippen LogP contribution in [0.2, 0.25) is 0 Å². The summed E-state index contributed by atoms with van der Waals surface area (Å²) in [5.74, 6) is 0.0152. The van der Waals surface area contributed by atoms with Crippen molar-refractivity contribution in [3.05, 3.63) is 65.7 Å². The Labute approximate surface area is 154 Å². The van der Waals surface area contributed by atoms with Crippen molar-refractivity contribution in [3.8, 4) is 6.07 Å². The molecule has 0 saturated carbocycles. The molecule has 0 radical (unpaired) electrons. The van der Waals surface area contributed by atoms with Crippen molar-refractivity contribution in [2.45, 2.75) is 13.0 Å². The summed E-state index contributed by atoms with van der Waals surface area (Å²) in [4.78, 5) is 16.9. The summed E-state index contributed by atoms with van der Waals surface area (Å²) >= 11 is 0. The number of benzene rings is 2. The first-order chi connectivity index (χ1) is 12.7. The molecule has 1 amide bonds. The van der Waals surface area contributed by atoms with Crippen molar-refractivity contribution in [1.82, 2.24) is 9.80 Å². The van der Waals surface area contributed by atoms with Crippen molar-refractivity contribution in [3.63, 3.8) is 0 Å². The van der Waals surface area contributed by atoms with Gasteiger partial charge in [-0.25, -0.2) is 0 Å². The molecule has 2 aromatic rings. The van der Waals surface area contributed by atoms with Crippen LogP contribution in [0.3, 0.4) is 0 Å². The second-order valence-corrected chi connectivity index (χ2v) is 6.59. The van der Waals surface area contributed by atoms with Gasteiger partial charge in [0.25, 0.3) is 0 Å². The molecule has 1 fully saturated rings. The number of piperazine rings is 1. The first kappa shape index (κ1) is 18.1. The lowest BCUT2D eigenvalue weighted by Gasteiger charge is -2.34. The molecule has 0 atom stereocenters. The number of nitrogens with one attached hydrogen (secondary N) is 1. The minimum Gasteiger partial charge on any atom is -0.326 e. The molecule has 26 heavy (non-hydrogen) atoms. The standard InChI is InChI=1S/C21H24N4O/c22-16-18-6-8-20(9-7-18)23-21(26)10-11-24-12-14-25(15-13-24)17-19-4-2-1-3-5-19/h1-9H,10-15,17H2,(H,23,26). The Balaban J connectivity index is 1.36. The van der Waals surface area contributed by atoms with Crippen LogP contribution in [-0.4, -0.2) is 48.4 Å². The van der Waals surface area contributed by atoms with Crippen LogP contribution in [0.15, 0.2) is 54.6 Å². The maximum absolute atomic E-state index is 12.1. The first-order valence-electron chi connectivity index (χ1n) is 9.01. The number of amides is 1. The number of nitriles is 1. The largest absolute Gasteiger partial charge is 0.326 e. The number of hydrogen-bond donors (Lipinski definition) is 1. The predicted molar refractivity (Wildman–Crippen MR) is 103 cm³/mol. The molecule has 1 saturated heterocycles. The lowest BCUT2D eigenvalue weighted by Crippen LogP contribution is -2.46. The van der Waals surface area contributed by atoms with Crippen LogP contribution >= 0.6 is 0 Å². The van der Waals surface area contributed by atoms with Gasteiger partial charge >= 0.3 is 0 Å². The second kappa shape index (κ2) is 9.14. The number of rotatable bonds is 6. The first-order valence-corrected chi connectivity index (χ1v) is 9.01. The Morgan fingerprint density at radius 3 is 2.27 bits per heavy atom. The fraction of sp³-hybridized carbons (Fsp3) is 0.333. The highest BCUT2D eigenvalue weighted by Gasteiger charge is 2.17. The molecule has 1 aliphatic heterocycles. The van der Waals surface area contributed by atoms with Crippen molar-refractivity contribution >= 4 is 11.6 Å². The fourth-order valence-corrected chi connectivity index (χ4v) is 3.12. The highest BCUT2D eigenvalue weighted by molar-refractivity contribution is 5.90. The molecule has 0 spiro atoms. The van der Waals surface area contributed by atoms with E-state index in [1.54, 1.807) is 24.3 Å². The molecule has 0 unspecified atom stereocenters. The summed E-state index contributed by atoms with van der Waals surface area (Å²) in [6, 6.07) is 19.6. The average molecular weight is 348 g/mol. The lowest BCUT2D eigenvalue weighted by molar-refractivity contribution is -0.116. The van der Waals surface area contributed by atoms with E-state index < -0.39 is 0 Å². The van der Waals surface area contributed by atoms with Gasteiger partial charge in [-0.2, -0.15) is 5.26 Å². The van der Waals surface area contributed by atoms with E-state index >= 15 is 0 Å². The monoisotopic (exact) mass is 348 g/mol. The smallest absolute Gasteiger partial charge is 0.225 e. The second-order valence-electron chi connectivity index (χ2n) is 6.59. The molecule has 5 heteroatoms. The van der Waals surface area contributed by atoms with Gasteiger partial charge in [-0.05, 0) is 29.8 Å². The third kappa shape index (κ3) is 5.41. The SMILES string of the molecule is N#Cc1ccc(NC(=O)CCN2CCN(Cc3ccccc3)CC2)cc1. The third-order valence-electron chi connectivity index (χ3n) is 4.67. The summed E-state index contributed by atoms with van der Waals surface area (Å²) in [6.07, 6.45) is 0.485. The summed E-state index contributed by atoms with van der Waals surface area (Å²) in [5.41, 5.74) is 2.68. The minimum atomic E-state index is 0.0152. The summed E-state index contributed by atoms with van der Waals surface area (Å²) < 4.78 is 0. The Morgan fingerprint density at radius 2 is 1.62 bits per heavy atom. The van der Waals surface area contributed by atoms with Gasteiger partial charge in [0.1, 0.15) is 0 Å². The van der Waals surface area contributed by atoms with Gasteiger partial charge in [-0.15, -0.1) is 0 Å². The zero-order valence-electron chi connectivity index (χ0n) is 14.9. The Morgan fingerprint density at radius 1 is 0.962 bits per heavy atom. The van der Waals surface area contributed by atoms with Gasteiger partial charge in [0.05, 0.1) is 11.6 Å². The normalized spacial score (nSPS) is 15.3. The molecule has 0 aromatic heterocycles. The van der Waals surface area contributed by atoms with Gasteiger partial charge in [0.15, 0.2) is 0 Å². The van der Waals surface area contributed by atoms with E-state index in [4.69, 9.17) is 5.26 Å². The molecule has 0 bridgehead atoms. The fourth-order valence-electron chi connectivity index (χ4n) is 3.12. The van der Waals surface area contributed by atoms with Gasteiger partial charge < -0.3 is 10.2 Å². The third-order valence-corrected chi connectivity index (χ3v) is 4.67. The zero-order valence-corrected chi connectivity index (χ0v) is 14.9. The number of anilines is 1. The van der Waals surface area contributed by atoms with Crippen molar-refractivity contribution < 1.29 is 4.79 Å². The van der Waals surface area contributed by atoms with E-state index in [1.165, 1.54) is 5.56 Å². The van der Waals surface area contributed by atoms with E-state index in [0.717, 1.165) is 45.0 Å². The van der Waals surface area contributed by atoms with Crippen LogP contribution < -0.4 is 5.32 Å². The zero-order chi connectivity index (χ0) is 18.2. The lowest BCUT2D eigenvalue weighted by atomic mass is 10.2. The molecule has 0 aliphatic carbocycles. The molecule has 2 aromatic carbocycles. The molecular weight excluding hydrogens is 324 g/mol. The molecule has 3 rings (SSSR count). The topological polar surface area (TPSA) is 59.4 Å². The van der Waals surface area contributed by atoms with Crippen molar-refractivity contribution in [1.29, 1.82) is 5.26 Å². The van der Waals surface area contributed by atoms with Gasteiger partial charge in [-0.1, -0.05) is 30.3 Å². The molecule has 134 valence electrons. The van der Waals surface area contributed by atoms with E-state index in [0.29, 0.717) is 12.0 Å². The Hall–Kier alpha value is -2.68. The van der Waals surface area contributed by atoms with E-state index in [2.05, 4.69) is 45.5 Å². The number of nitrogens with zero attached hydrogens (tertiary/aromatic N) is 3. The molecule has 1 N–H and O–H groups in total. The maximum atomic E-state index is 12.1. The van der Waals surface area contributed by atoms with E-state index in [9.17, 15) is 4.79 Å². The maximum Gasteiger partial charge on any atom is 0.225 e. The predicted octanol–water partition coefficient (Wildman–Crippen LogP) is 2.70. The summed E-state index contributed by atoms with van der Waals surface area (Å²) in [5, 5.41) is 11.7. The van der Waals surface area contributed by atoms with Gasteiger partial charge in [-0.3, -0.25) is 9.69 Å². The minimum absolute atomic E-state index is 0.0152. The van der Waals surface area contributed by atoms with Crippen LogP contribution in [0.4, 0.5) is 5.69 Å². The molecule has 5 nitrogen and oxygen atoms in total. The van der Waals surface area contributed by atoms with Crippen LogP contribution in [0.1, 0.15) is 17.5 Å². The van der Waals surface area contributed by atoms with Crippen LogP contribution in [-0.2, 0) is 11.3 Å². The van der Waals surface area contributed by atoms with E-state index in [-0.39, 0.29) is 5.91 Å². The summed E-state index contributed by atoms with van der Waals surface area (Å²) in [6.45, 7) is 5.83. The number of carbonyl (C=O) groups is 1. The highest BCUT2D eigenvalue weighted by Crippen LogP contribution is 2.11. The van der Waals surface area contributed by atoms with Crippen molar-refractivity contribution in [2.24, 2.45) is 0 Å². The van der Waals surface area contributed by atoms with Crippen LogP contribution in [0.5, 0.6) is 0 Å². The summed E-state index contributed by atoms with van der Waals surface area (Å²) in [7, 11) is 0. The van der Waals surface area contributed by atoms with E-state index in [1.807, 2.05) is 6.07 Å². The highest BCUT2D eigenvalue weighted by atomic mass is 16.1. The molecular formula is C21H24N4O. The quantitative estimate of drug-likeness (QED) is 0.872. The van der Waals surface area contributed by atoms with Gasteiger partial charge in [0.2, 0.25) is 5.91 Å². The Bertz CT molecular complexity index is 744. The number of carbonyl (C=O) groups excluding carboxylic acids is 1. The van der Waals surface area contributed by atoms with Crippen LogP contribution in [0, 0.1) is 11.3 Å². The molecule has 1 aliphatic rings. The average Bonchev–Trinajstić information content (AvgIpc) is 2.69. The van der Waals surface area contributed by atoms with Gasteiger partial charge in [0, 0.05) is 51.4 Å². The Kier molecular flexibility index (Phi) is 6.37.